The molecule has 5 atom stereocenters. The summed E-state index contributed by atoms with van der Waals surface area (Å²) in [6.07, 6.45) is 8.41. The fourth-order valence-corrected chi connectivity index (χ4v) is 4.27. The predicted octanol–water partition coefficient (Wildman–Crippen LogP) is 2.94. The van der Waals surface area contributed by atoms with E-state index in [0.29, 0.717) is 12.5 Å². The maximum Gasteiger partial charge on any atom is 0.0636 e. The molecule has 0 heterocycles. The second-order valence-electron chi connectivity index (χ2n) is 6.89. The molecule has 17 heavy (non-hydrogen) atoms. The minimum absolute atomic E-state index is 0.0428. The van der Waals surface area contributed by atoms with Crippen LogP contribution in [-0.4, -0.2) is 17.8 Å². The highest BCUT2D eigenvalue weighted by Crippen LogP contribution is 2.48. The molecule has 2 heteroatoms. The lowest BCUT2D eigenvalue weighted by Gasteiger charge is -2.41. The summed E-state index contributed by atoms with van der Waals surface area (Å²) in [4.78, 5) is 0. The van der Waals surface area contributed by atoms with E-state index in [4.69, 9.17) is 5.73 Å². The Kier molecular flexibility index (Phi) is 4.14. The SMILES string of the molecule is CC1CCCC(C(O)C2(CN)CCC(C)C2)C1. The maximum absolute atomic E-state index is 10.8. The van der Waals surface area contributed by atoms with E-state index in [-0.39, 0.29) is 11.5 Å². The molecule has 2 aliphatic rings. The third kappa shape index (κ3) is 2.68. The van der Waals surface area contributed by atoms with Crippen LogP contribution in [0.2, 0.25) is 0 Å². The number of hydrogen-bond acceptors (Lipinski definition) is 2. The Balaban J connectivity index is 2.04. The quantitative estimate of drug-likeness (QED) is 0.795. The number of aliphatic hydroxyl groups is 1. The summed E-state index contributed by atoms with van der Waals surface area (Å²) < 4.78 is 0. The van der Waals surface area contributed by atoms with E-state index in [1.807, 2.05) is 0 Å². The summed E-state index contributed by atoms with van der Waals surface area (Å²) in [6.45, 7) is 5.29. The van der Waals surface area contributed by atoms with Crippen molar-refractivity contribution in [2.45, 2.75) is 64.9 Å². The number of aliphatic hydroxyl groups excluding tert-OH is 1. The Morgan fingerprint density at radius 1 is 1.24 bits per heavy atom. The highest BCUT2D eigenvalue weighted by atomic mass is 16.3. The van der Waals surface area contributed by atoms with Crippen LogP contribution < -0.4 is 5.73 Å². The van der Waals surface area contributed by atoms with Crippen molar-refractivity contribution < 1.29 is 5.11 Å². The molecule has 0 aromatic rings. The van der Waals surface area contributed by atoms with Gasteiger partial charge in [-0.25, -0.2) is 0 Å². The van der Waals surface area contributed by atoms with Crippen LogP contribution in [0.3, 0.4) is 0 Å². The summed E-state index contributed by atoms with van der Waals surface area (Å²) in [6, 6.07) is 0. The second-order valence-corrected chi connectivity index (χ2v) is 6.89. The smallest absolute Gasteiger partial charge is 0.0636 e. The summed E-state index contributed by atoms with van der Waals surface area (Å²) in [5.41, 5.74) is 6.06. The Morgan fingerprint density at radius 2 is 2.00 bits per heavy atom. The molecule has 2 nitrogen and oxygen atoms in total. The van der Waals surface area contributed by atoms with Crippen LogP contribution in [0.1, 0.15) is 58.8 Å². The number of nitrogens with two attached hydrogens (primary N) is 1. The fourth-order valence-electron chi connectivity index (χ4n) is 4.27. The van der Waals surface area contributed by atoms with Gasteiger partial charge in [0.1, 0.15) is 0 Å². The fraction of sp³-hybridized carbons (Fsp3) is 1.00. The van der Waals surface area contributed by atoms with Crippen molar-refractivity contribution in [3.8, 4) is 0 Å². The first kappa shape index (κ1) is 13.4. The standard InChI is InChI=1S/C15H29NO/c1-11-4-3-5-13(8-11)14(17)15(10-16)7-6-12(2)9-15/h11-14,17H,3-10,16H2,1-2H3. The van der Waals surface area contributed by atoms with Crippen LogP contribution >= 0.6 is 0 Å². The third-order valence-corrected chi connectivity index (χ3v) is 5.35. The molecule has 0 saturated heterocycles. The monoisotopic (exact) mass is 239 g/mol. The zero-order valence-electron chi connectivity index (χ0n) is 11.5. The van der Waals surface area contributed by atoms with Crippen LogP contribution in [0, 0.1) is 23.2 Å². The van der Waals surface area contributed by atoms with Gasteiger partial charge in [-0.1, -0.05) is 33.1 Å². The first-order valence-electron chi connectivity index (χ1n) is 7.45. The van der Waals surface area contributed by atoms with Gasteiger partial charge in [0.15, 0.2) is 0 Å². The van der Waals surface area contributed by atoms with Gasteiger partial charge in [-0.05, 0) is 43.4 Å². The van der Waals surface area contributed by atoms with Crippen molar-refractivity contribution in [3.05, 3.63) is 0 Å². The molecular formula is C15H29NO. The van der Waals surface area contributed by atoms with Crippen LogP contribution in [0.4, 0.5) is 0 Å². The molecule has 0 amide bonds. The summed E-state index contributed by atoms with van der Waals surface area (Å²) in [7, 11) is 0. The molecule has 0 bridgehead atoms. The van der Waals surface area contributed by atoms with E-state index in [0.717, 1.165) is 24.7 Å². The van der Waals surface area contributed by atoms with Gasteiger partial charge in [0.2, 0.25) is 0 Å². The van der Waals surface area contributed by atoms with E-state index < -0.39 is 0 Å². The van der Waals surface area contributed by atoms with Gasteiger partial charge in [0.25, 0.3) is 0 Å². The second kappa shape index (κ2) is 5.27. The summed E-state index contributed by atoms with van der Waals surface area (Å²) in [5.74, 6) is 2.04. The minimum Gasteiger partial charge on any atom is -0.392 e. The lowest BCUT2D eigenvalue weighted by Crippen LogP contribution is -2.45. The molecule has 2 fully saturated rings. The molecule has 2 saturated carbocycles. The maximum atomic E-state index is 10.8. The van der Waals surface area contributed by atoms with Gasteiger partial charge in [-0.3, -0.25) is 0 Å². The van der Waals surface area contributed by atoms with E-state index in [1.165, 1.54) is 32.1 Å². The van der Waals surface area contributed by atoms with Crippen LogP contribution in [-0.2, 0) is 0 Å². The average molecular weight is 239 g/mol. The Hall–Kier alpha value is -0.0800. The van der Waals surface area contributed by atoms with Crippen LogP contribution in [0.5, 0.6) is 0 Å². The average Bonchev–Trinajstić information content (AvgIpc) is 2.71. The first-order chi connectivity index (χ1) is 8.07. The van der Waals surface area contributed by atoms with Gasteiger partial charge in [0, 0.05) is 12.0 Å². The topological polar surface area (TPSA) is 46.2 Å². The van der Waals surface area contributed by atoms with Gasteiger partial charge < -0.3 is 10.8 Å². The van der Waals surface area contributed by atoms with Crippen molar-refractivity contribution in [1.29, 1.82) is 0 Å². The van der Waals surface area contributed by atoms with Crippen LogP contribution in [0.15, 0.2) is 0 Å². The van der Waals surface area contributed by atoms with Crippen molar-refractivity contribution >= 4 is 0 Å². The van der Waals surface area contributed by atoms with Crippen molar-refractivity contribution in [3.63, 3.8) is 0 Å². The first-order valence-corrected chi connectivity index (χ1v) is 7.45. The van der Waals surface area contributed by atoms with Crippen molar-refractivity contribution in [2.24, 2.45) is 28.9 Å². The van der Waals surface area contributed by atoms with Gasteiger partial charge in [0.05, 0.1) is 6.10 Å². The largest absolute Gasteiger partial charge is 0.392 e. The van der Waals surface area contributed by atoms with Gasteiger partial charge in [-0.2, -0.15) is 0 Å². The van der Waals surface area contributed by atoms with Gasteiger partial charge in [-0.15, -0.1) is 0 Å². The molecule has 100 valence electrons. The Morgan fingerprint density at radius 3 is 2.53 bits per heavy atom. The Labute approximate surface area is 106 Å². The molecule has 0 aromatic heterocycles. The van der Waals surface area contributed by atoms with Crippen molar-refractivity contribution in [1.82, 2.24) is 0 Å². The third-order valence-electron chi connectivity index (χ3n) is 5.35. The lowest BCUT2D eigenvalue weighted by molar-refractivity contribution is -0.0311. The summed E-state index contributed by atoms with van der Waals surface area (Å²) >= 11 is 0. The van der Waals surface area contributed by atoms with E-state index in [2.05, 4.69) is 13.8 Å². The predicted molar refractivity (Wildman–Crippen MR) is 71.6 cm³/mol. The molecule has 0 aromatic carbocycles. The minimum atomic E-state index is -0.153. The lowest BCUT2D eigenvalue weighted by atomic mass is 9.68. The number of rotatable bonds is 3. The molecule has 2 rings (SSSR count). The molecular weight excluding hydrogens is 210 g/mol. The van der Waals surface area contributed by atoms with Crippen molar-refractivity contribution in [2.75, 3.05) is 6.54 Å². The van der Waals surface area contributed by atoms with E-state index in [1.54, 1.807) is 0 Å². The normalized spacial score (nSPS) is 44.8. The zero-order chi connectivity index (χ0) is 12.5. The molecule has 3 N–H and O–H groups in total. The van der Waals surface area contributed by atoms with Crippen LogP contribution in [0.25, 0.3) is 0 Å². The highest BCUT2D eigenvalue weighted by molar-refractivity contribution is 4.97. The Bertz CT molecular complexity index is 255. The van der Waals surface area contributed by atoms with Gasteiger partial charge >= 0.3 is 0 Å². The molecule has 5 unspecified atom stereocenters. The van der Waals surface area contributed by atoms with E-state index in [9.17, 15) is 5.11 Å². The summed E-state index contributed by atoms with van der Waals surface area (Å²) in [5, 5.41) is 10.8. The molecule has 2 aliphatic carbocycles. The molecule has 0 aliphatic heterocycles. The molecule has 0 spiro atoms. The zero-order valence-corrected chi connectivity index (χ0v) is 11.5. The highest BCUT2D eigenvalue weighted by Gasteiger charge is 2.45. The molecule has 0 radical (unpaired) electrons. The van der Waals surface area contributed by atoms with E-state index >= 15 is 0 Å². The number of hydrogen-bond donors (Lipinski definition) is 2.